The first-order chi connectivity index (χ1) is 10.2. The van der Waals surface area contributed by atoms with E-state index in [4.69, 9.17) is 0 Å². The molecule has 1 aliphatic heterocycles. The van der Waals surface area contributed by atoms with Gasteiger partial charge in [-0.25, -0.2) is 4.98 Å². The first-order valence-corrected chi connectivity index (χ1v) is 7.79. The first kappa shape index (κ1) is 14.1. The lowest BCUT2D eigenvalue weighted by Gasteiger charge is -2.23. The Bertz CT molecular complexity index is 494. The molecule has 1 aromatic heterocycles. The number of hydrogen-bond acceptors (Lipinski definition) is 3. The van der Waals surface area contributed by atoms with Crippen molar-refractivity contribution in [3.8, 4) is 0 Å². The van der Waals surface area contributed by atoms with Crippen molar-refractivity contribution in [3.05, 3.63) is 18.2 Å². The molecule has 2 N–H and O–H groups in total. The van der Waals surface area contributed by atoms with Crippen molar-refractivity contribution in [2.45, 2.75) is 44.6 Å². The molecule has 1 saturated carbocycles. The molecule has 1 saturated heterocycles. The van der Waals surface area contributed by atoms with Gasteiger partial charge in [0.2, 0.25) is 11.8 Å². The molecule has 2 heterocycles. The molecule has 2 amide bonds. The fourth-order valence-electron chi connectivity index (χ4n) is 3.36. The molecule has 2 fully saturated rings. The predicted molar refractivity (Wildman–Crippen MR) is 77.4 cm³/mol. The van der Waals surface area contributed by atoms with Crippen LogP contribution in [0.3, 0.4) is 0 Å². The van der Waals surface area contributed by atoms with E-state index in [1.165, 1.54) is 12.8 Å². The first-order valence-electron chi connectivity index (χ1n) is 7.79. The van der Waals surface area contributed by atoms with Gasteiger partial charge in [0.1, 0.15) is 5.82 Å². The lowest BCUT2D eigenvalue weighted by atomic mass is 10.1. The van der Waals surface area contributed by atoms with Gasteiger partial charge in [-0.3, -0.25) is 9.59 Å². The molecule has 6 heteroatoms. The molecule has 2 aliphatic rings. The maximum absolute atomic E-state index is 12.2. The highest BCUT2D eigenvalue weighted by molar-refractivity contribution is 5.89. The molecule has 0 unspecified atom stereocenters. The zero-order chi connectivity index (χ0) is 14.7. The molecule has 114 valence electrons. The molecular formula is C15H22N4O2. The maximum Gasteiger partial charge on any atom is 0.225 e. The second kappa shape index (κ2) is 6.28. The van der Waals surface area contributed by atoms with Crippen LogP contribution in [-0.4, -0.2) is 45.8 Å². The van der Waals surface area contributed by atoms with Gasteiger partial charge in [0, 0.05) is 44.4 Å². The van der Waals surface area contributed by atoms with Crippen molar-refractivity contribution >= 4 is 11.8 Å². The smallest absolute Gasteiger partial charge is 0.225 e. The average Bonchev–Trinajstić information content (AvgIpc) is 3.19. The summed E-state index contributed by atoms with van der Waals surface area (Å²) >= 11 is 0. The van der Waals surface area contributed by atoms with E-state index in [9.17, 15) is 9.59 Å². The summed E-state index contributed by atoms with van der Waals surface area (Å²) < 4.78 is 0. The zero-order valence-electron chi connectivity index (χ0n) is 12.2. The Kier molecular flexibility index (Phi) is 4.22. The molecule has 6 nitrogen and oxygen atoms in total. The molecule has 3 rings (SSSR count). The largest absolute Gasteiger partial charge is 0.355 e. The van der Waals surface area contributed by atoms with Crippen LogP contribution >= 0.6 is 0 Å². The quantitative estimate of drug-likeness (QED) is 0.844. The molecule has 0 spiro atoms. The van der Waals surface area contributed by atoms with E-state index in [-0.39, 0.29) is 17.7 Å². The second-order valence-corrected chi connectivity index (χ2v) is 5.96. The van der Waals surface area contributed by atoms with Gasteiger partial charge in [-0.15, -0.1) is 0 Å². The lowest BCUT2D eigenvalue weighted by molar-refractivity contribution is -0.130. The van der Waals surface area contributed by atoms with Crippen molar-refractivity contribution in [2.75, 3.05) is 13.1 Å². The summed E-state index contributed by atoms with van der Waals surface area (Å²) in [6.07, 6.45) is 9.12. The molecule has 21 heavy (non-hydrogen) atoms. The third kappa shape index (κ3) is 3.25. The van der Waals surface area contributed by atoms with Gasteiger partial charge in [-0.2, -0.15) is 0 Å². The van der Waals surface area contributed by atoms with Crippen molar-refractivity contribution < 1.29 is 9.59 Å². The highest BCUT2D eigenvalue weighted by Gasteiger charge is 2.38. The number of imidazole rings is 1. The molecule has 1 aromatic rings. The van der Waals surface area contributed by atoms with E-state index in [1.807, 2.05) is 4.90 Å². The van der Waals surface area contributed by atoms with Gasteiger partial charge in [-0.05, 0) is 12.8 Å². The summed E-state index contributed by atoms with van der Waals surface area (Å²) in [4.78, 5) is 33.3. The van der Waals surface area contributed by atoms with Gasteiger partial charge in [0.15, 0.2) is 0 Å². The van der Waals surface area contributed by atoms with Crippen LogP contribution < -0.4 is 5.32 Å². The molecular weight excluding hydrogens is 268 g/mol. The normalized spacial score (nSPS) is 23.0. The van der Waals surface area contributed by atoms with Crippen molar-refractivity contribution in [2.24, 2.45) is 5.92 Å². The Morgan fingerprint density at radius 3 is 2.95 bits per heavy atom. The number of nitrogens with zero attached hydrogens (tertiary/aromatic N) is 2. The Balaban J connectivity index is 1.46. The van der Waals surface area contributed by atoms with Gasteiger partial charge >= 0.3 is 0 Å². The number of nitrogens with one attached hydrogen (secondary N) is 2. The average molecular weight is 290 g/mol. The number of rotatable bonds is 5. The SMILES string of the molecule is O=C(NCCc1ncc[nH]1)[C@@H]1CC(=O)N(C2CCCC2)C1. The van der Waals surface area contributed by atoms with E-state index in [1.54, 1.807) is 12.4 Å². The van der Waals surface area contributed by atoms with E-state index in [0.717, 1.165) is 18.7 Å². The minimum Gasteiger partial charge on any atom is -0.355 e. The summed E-state index contributed by atoms with van der Waals surface area (Å²) in [5.74, 6) is 0.823. The van der Waals surface area contributed by atoms with Crippen LogP contribution in [0.25, 0.3) is 0 Å². The lowest BCUT2D eigenvalue weighted by Crippen LogP contribution is -2.37. The van der Waals surface area contributed by atoms with Crippen molar-refractivity contribution in [1.82, 2.24) is 20.2 Å². The summed E-state index contributed by atoms with van der Waals surface area (Å²) in [7, 11) is 0. The fourth-order valence-corrected chi connectivity index (χ4v) is 3.36. The topological polar surface area (TPSA) is 78.1 Å². The Hall–Kier alpha value is -1.85. The highest BCUT2D eigenvalue weighted by atomic mass is 16.2. The van der Waals surface area contributed by atoms with Gasteiger partial charge in [-0.1, -0.05) is 12.8 Å². The van der Waals surface area contributed by atoms with Gasteiger partial charge in [0.25, 0.3) is 0 Å². The summed E-state index contributed by atoms with van der Waals surface area (Å²) in [5, 5.41) is 2.92. The van der Waals surface area contributed by atoms with Crippen molar-refractivity contribution in [3.63, 3.8) is 0 Å². The zero-order valence-corrected chi connectivity index (χ0v) is 12.2. The van der Waals surface area contributed by atoms with Crippen LogP contribution in [-0.2, 0) is 16.0 Å². The van der Waals surface area contributed by atoms with E-state index < -0.39 is 0 Å². The number of carbonyl (C=O) groups is 2. The van der Waals surface area contributed by atoms with Crippen LogP contribution in [0, 0.1) is 5.92 Å². The number of H-pyrrole nitrogens is 1. The predicted octanol–water partition coefficient (Wildman–Crippen LogP) is 0.859. The molecule has 0 radical (unpaired) electrons. The van der Waals surface area contributed by atoms with Crippen LogP contribution in [0.15, 0.2) is 12.4 Å². The van der Waals surface area contributed by atoms with E-state index in [0.29, 0.717) is 32.0 Å². The third-order valence-electron chi connectivity index (χ3n) is 4.51. The monoisotopic (exact) mass is 290 g/mol. The minimum absolute atomic E-state index is 0.00426. The summed E-state index contributed by atoms with van der Waals surface area (Å²) in [6, 6.07) is 0.374. The molecule has 1 aliphatic carbocycles. The minimum atomic E-state index is -0.185. The third-order valence-corrected chi connectivity index (χ3v) is 4.51. The van der Waals surface area contributed by atoms with Gasteiger partial charge in [0.05, 0.1) is 5.92 Å². The Morgan fingerprint density at radius 2 is 2.24 bits per heavy atom. The maximum atomic E-state index is 12.2. The number of aromatic nitrogens is 2. The number of amides is 2. The molecule has 0 aromatic carbocycles. The number of hydrogen-bond donors (Lipinski definition) is 2. The van der Waals surface area contributed by atoms with Gasteiger partial charge < -0.3 is 15.2 Å². The Labute approximate surface area is 124 Å². The highest BCUT2D eigenvalue weighted by Crippen LogP contribution is 2.29. The number of aromatic amines is 1. The van der Waals surface area contributed by atoms with Crippen LogP contribution in [0.4, 0.5) is 0 Å². The van der Waals surface area contributed by atoms with Crippen LogP contribution in [0.5, 0.6) is 0 Å². The number of likely N-dealkylation sites (tertiary alicyclic amines) is 1. The van der Waals surface area contributed by atoms with E-state index in [2.05, 4.69) is 15.3 Å². The Morgan fingerprint density at radius 1 is 1.43 bits per heavy atom. The summed E-state index contributed by atoms with van der Waals surface area (Å²) in [6.45, 7) is 1.15. The van der Waals surface area contributed by atoms with Crippen LogP contribution in [0.1, 0.15) is 37.9 Å². The standard InChI is InChI=1S/C15H22N4O2/c20-14-9-11(10-19(14)12-3-1-2-4-12)15(21)18-6-5-13-16-7-8-17-13/h7-8,11-12H,1-6,9-10H2,(H,16,17)(H,18,21)/t11-/m1/s1. The fraction of sp³-hybridized carbons (Fsp3) is 0.667. The van der Waals surface area contributed by atoms with E-state index >= 15 is 0 Å². The molecule has 0 bridgehead atoms. The number of carbonyl (C=O) groups excluding carboxylic acids is 2. The van der Waals surface area contributed by atoms with Crippen molar-refractivity contribution in [1.29, 1.82) is 0 Å². The second-order valence-electron chi connectivity index (χ2n) is 5.96. The van der Waals surface area contributed by atoms with Crippen LogP contribution in [0.2, 0.25) is 0 Å². The molecule has 1 atom stereocenters. The summed E-state index contributed by atoms with van der Waals surface area (Å²) in [5.41, 5.74) is 0.